The highest BCUT2D eigenvalue weighted by Gasteiger charge is 2.66. The van der Waals surface area contributed by atoms with E-state index in [1.165, 1.54) is 19.3 Å². The Bertz CT molecular complexity index is 270. The van der Waals surface area contributed by atoms with E-state index >= 15 is 0 Å². The van der Waals surface area contributed by atoms with E-state index in [4.69, 9.17) is 0 Å². The summed E-state index contributed by atoms with van der Waals surface area (Å²) in [4.78, 5) is 11.7. The van der Waals surface area contributed by atoms with Gasteiger partial charge in [-0.2, -0.15) is 0 Å². The minimum absolute atomic E-state index is 0.428. The fourth-order valence-electron chi connectivity index (χ4n) is 4.80. The second kappa shape index (κ2) is 2.18. The van der Waals surface area contributed by atoms with Gasteiger partial charge in [-0.1, -0.05) is 20.3 Å². The molecule has 0 heterocycles. The Kier molecular flexibility index (Phi) is 1.35. The van der Waals surface area contributed by atoms with Gasteiger partial charge >= 0.3 is 0 Å². The van der Waals surface area contributed by atoms with E-state index in [1.807, 2.05) is 0 Å². The predicted octanol–water partition coefficient (Wildman–Crippen LogP) is 2.65. The normalized spacial score (nSPS) is 58.8. The second-order valence-electron chi connectivity index (χ2n) is 5.69. The molecule has 3 rings (SSSR count). The first kappa shape index (κ1) is 8.02. The van der Waals surface area contributed by atoms with E-state index in [1.54, 1.807) is 0 Å². The zero-order valence-corrected chi connectivity index (χ0v) is 8.55. The number of hydrogen-bond donors (Lipinski definition) is 0. The molecule has 3 aliphatic rings. The zero-order valence-electron chi connectivity index (χ0n) is 8.55. The van der Waals surface area contributed by atoms with Gasteiger partial charge in [-0.15, -0.1) is 0 Å². The molecule has 0 spiro atoms. The van der Waals surface area contributed by atoms with Crippen molar-refractivity contribution in [1.82, 2.24) is 0 Å². The fraction of sp³-hybridized carbons (Fsp3) is 0.917. The quantitative estimate of drug-likeness (QED) is 0.557. The van der Waals surface area contributed by atoms with Crippen LogP contribution in [-0.2, 0) is 4.79 Å². The first-order chi connectivity index (χ1) is 6.14. The minimum Gasteiger partial charge on any atom is -0.299 e. The van der Waals surface area contributed by atoms with E-state index in [2.05, 4.69) is 13.8 Å². The summed E-state index contributed by atoms with van der Waals surface area (Å²) >= 11 is 0. The van der Waals surface area contributed by atoms with Crippen molar-refractivity contribution in [1.29, 1.82) is 0 Å². The lowest BCUT2D eigenvalue weighted by Crippen LogP contribution is -2.53. The zero-order chi connectivity index (χ0) is 9.22. The number of Topliss-reactive ketones (excluding diaryl/α,β-unsaturated/α-hetero) is 1. The van der Waals surface area contributed by atoms with Crippen LogP contribution >= 0.6 is 0 Å². The predicted molar refractivity (Wildman–Crippen MR) is 51.2 cm³/mol. The van der Waals surface area contributed by atoms with Crippen molar-refractivity contribution in [3.8, 4) is 0 Å². The van der Waals surface area contributed by atoms with Crippen molar-refractivity contribution in [3.05, 3.63) is 0 Å². The molecule has 0 bridgehead atoms. The van der Waals surface area contributed by atoms with Crippen LogP contribution in [-0.4, -0.2) is 5.78 Å². The molecule has 72 valence electrons. The van der Waals surface area contributed by atoms with E-state index in [-0.39, 0.29) is 0 Å². The van der Waals surface area contributed by atoms with Crippen LogP contribution in [0.4, 0.5) is 0 Å². The van der Waals surface area contributed by atoms with E-state index < -0.39 is 0 Å². The molecule has 3 aliphatic carbocycles. The third kappa shape index (κ3) is 0.730. The summed E-state index contributed by atoms with van der Waals surface area (Å²) in [5.74, 6) is 3.62. The van der Waals surface area contributed by atoms with Crippen LogP contribution in [0.2, 0.25) is 0 Å². The highest BCUT2D eigenvalue weighted by molar-refractivity contribution is 5.86. The fourth-order valence-corrected chi connectivity index (χ4v) is 4.80. The average Bonchev–Trinajstić information content (AvgIpc) is 2.49. The molecular weight excluding hydrogens is 160 g/mol. The summed E-state index contributed by atoms with van der Waals surface area (Å²) in [6.45, 7) is 4.75. The third-order valence-electron chi connectivity index (χ3n) is 5.19. The first-order valence-electron chi connectivity index (χ1n) is 5.67. The van der Waals surface area contributed by atoms with Crippen molar-refractivity contribution in [2.45, 2.75) is 39.5 Å². The van der Waals surface area contributed by atoms with Crippen LogP contribution in [0.25, 0.3) is 0 Å². The van der Waals surface area contributed by atoms with E-state index in [9.17, 15) is 4.79 Å². The molecule has 3 fully saturated rings. The minimum atomic E-state index is 0.428. The molecular formula is C12H18O. The summed E-state index contributed by atoms with van der Waals surface area (Å²) in [6.07, 6.45) is 4.76. The summed E-state index contributed by atoms with van der Waals surface area (Å²) < 4.78 is 0. The number of carbonyl (C=O) groups excluding carboxylic acids is 1. The van der Waals surface area contributed by atoms with E-state index in [0.29, 0.717) is 17.1 Å². The van der Waals surface area contributed by atoms with Crippen LogP contribution in [0.3, 0.4) is 0 Å². The molecule has 0 aromatic heterocycles. The van der Waals surface area contributed by atoms with Gasteiger partial charge in [-0.05, 0) is 36.0 Å². The monoisotopic (exact) mass is 178 g/mol. The maximum atomic E-state index is 11.7. The SMILES string of the molecule is C[C@H]1CC[C@@H]2[C@H]1[C@@]1(C)CCC(=O)[C@@H]21. The second-order valence-corrected chi connectivity index (χ2v) is 5.69. The number of rotatable bonds is 0. The van der Waals surface area contributed by atoms with Crippen molar-refractivity contribution < 1.29 is 4.79 Å². The maximum Gasteiger partial charge on any atom is 0.136 e. The number of carbonyl (C=O) groups is 1. The van der Waals surface area contributed by atoms with Crippen LogP contribution in [0.15, 0.2) is 0 Å². The number of hydrogen-bond acceptors (Lipinski definition) is 1. The Balaban J connectivity index is 1.96. The lowest BCUT2D eigenvalue weighted by molar-refractivity contribution is -0.140. The largest absolute Gasteiger partial charge is 0.299 e. The van der Waals surface area contributed by atoms with Gasteiger partial charge in [-0.25, -0.2) is 0 Å². The summed E-state index contributed by atoms with van der Waals surface area (Å²) in [7, 11) is 0. The molecule has 13 heavy (non-hydrogen) atoms. The van der Waals surface area contributed by atoms with Gasteiger partial charge in [0.05, 0.1) is 0 Å². The molecule has 0 aromatic rings. The molecule has 0 amide bonds. The molecule has 0 aromatic carbocycles. The van der Waals surface area contributed by atoms with Gasteiger partial charge in [0.15, 0.2) is 0 Å². The highest BCUT2D eigenvalue weighted by Crippen LogP contribution is 2.69. The Morgan fingerprint density at radius 3 is 2.92 bits per heavy atom. The lowest BCUT2D eigenvalue weighted by Gasteiger charge is -2.55. The molecule has 0 saturated heterocycles. The molecule has 1 heteroatoms. The number of ketones is 1. The van der Waals surface area contributed by atoms with Gasteiger partial charge in [0.1, 0.15) is 5.78 Å². The molecule has 1 nitrogen and oxygen atoms in total. The molecule has 0 aliphatic heterocycles. The van der Waals surface area contributed by atoms with Crippen molar-refractivity contribution in [2.24, 2.45) is 29.1 Å². The summed E-state index contributed by atoms with van der Waals surface area (Å²) in [5, 5.41) is 0. The van der Waals surface area contributed by atoms with Gasteiger partial charge in [0, 0.05) is 12.3 Å². The smallest absolute Gasteiger partial charge is 0.136 e. The topological polar surface area (TPSA) is 17.1 Å². The lowest BCUT2D eigenvalue weighted by atomic mass is 9.48. The average molecular weight is 178 g/mol. The Morgan fingerprint density at radius 2 is 2.15 bits per heavy atom. The van der Waals surface area contributed by atoms with E-state index in [0.717, 1.165) is 24.2 Å². The Hall–Kier alpha value is -0.330. The van der Waals surface area contributed by atoms with Crippen LogP contribution < -0.4 is 0 Å². The van der Waals surface area contributed by atoms with Gasteiger partial charge in [-0.3, -0.25) is 4.79 Å². The highest BCUT2D eigenvalue weighted by atomic mass is 16.1. The molecule has 0 unspecified atom stereocenters. The summed E-state index contributed by atoms with van der Waals surface area (Å²) in [6, 6.07) is 0. The first-order valence-corrected chi connectivity index (χ1v) is 5.67. The van der Waals surface area contributed by atoms with Gasteiger partial charge in [0.25, 0.3) is 0 Å². The van der Waals surface area contributed by atoms with Crippen LogP contribution in [0.1, 0.15) is 39.5 Å². The molecule has 0 N–H and O–H groups in total. The molecule has 5 atom stereocenters. The maximum absolute atomic E-state index is 11.7. The van der Waals surface area contributed by atoms with Crippen molar-refractivity contribution in [3.63, 3.8) is 0 Å². The number of fused-ring (bicyclic) bond motifs is 4. The van der Waals surface area contributed by atoms with Crippen LogP contribution in [0, 0.1) is 29.1 Å². The standard InChI is InChI=1S/C12H18O/c1-7-3-4-8-10(7)12(2)6-5-9(13)11(8)12/h7-8,10-11H,3-6H2,1-2H3/t7-,8+,10-,11+,12+/m0/s1. The Labute approximate surface area is 79.9 Å². The molecule has 0 radical (unpaired) electrons. The van der Waals surface area contributed by atoms with Crippen LogP contribution in [0.5, 0.6) is 0 Å². The molecule has 3 saturated carbocycles. The van der Waals surface area contributed by atoms with Crippen molar-refractivity contribution in [2.75, 3.05) is 0 Å². The van der Waals surface area contributed by atoms with Gasteiger partial charge in [0.2, 0.25) is 0 Å². The van der Waals surface area contributed by atoms with Crippen molar-refractivity contribution >= 4 is 5.78 Å². The van der Waals surface area contributed by atoms with Gasteiger partial charge < -0.3 is 0 Å². The summed E-state index contributed by atoms with van der Waals surface area (Å²) in [5.41, 5.74) is 0.428. The third-order valence-corrected chi connectivity index (χ3v) is 5.19. The Morgan fingerprint density at radius 1 is 1.38 bits per heavy atom.